The van der Waals surface area contributed by atoms with E-state index in [9.17, 15) is 19.2 Å². The SMILES string of the molecule is C#Cc1cnn(CCOCCNc2cccc3c2C(=O)N(C2CCC(=O)NC2=O)C3=O)c1. The van der Waals surface area contributed by atoms with Gasteiger partial charge in [-0.2, -0.15) is 5.10 Å². The first-order chi connectivity index (χ1) is 15.5. The Hall–Kier alpha value is -3.97. The van der Waals surface area contributed by atoms with Gasteiger partial charge in [-0.3, -0.25) is 34.1 Å². The summed E-state index contributed by atoms with van der Waals surface area (Å²) in [6.45, 7) is 1.76. The summed E-state index contributed by atoms with van der Waals surface area (Å²) in [5, 5.41) is 9.43. The van der Waals surface area contributed by atoms with E-state index in [1.54, 1.807) is 35.3 Å². The number of hydrogen-bond donors (Lipinski definition) is 2. The second-order valence-electron chi connectivity index (χ2n) is 7.35. The van der Waals surface area contributed by atoms with Gasteiger partial charge in [0, 0.05) is 24.8 Å². The molecule has 1 atom stereocenters. The molecule has 1 aromatic heterocycles. The summed E-state index contributed by atoms with van der Waals surface area (Å²) in [5.41, 5.74) is 1.65. The van der Waals surface area contributed by atoms with Crippen LogP contribution in [0.25, 0.3) is 0 Å². The van der Waals surface area contributed by atoms with Gasteiger partial charge in [-0.25, -0.2) is 0 Å². The van der Waals surface area contributed by atoms with Gasteiger partial charge < -0.3 is 10.1 Å². The molecule has 0 radical (unpaired) electrons. The summed E-state index contributed by atoms with van der Waals surface area (Å²) in [6.07, 6.45) is 8.86. The standard InChI is InChI=1S/C22H21N5O5/c1-2-14-12-24-26(13-14)9-11-32-10-8-23-16-5-3-4-15-19(16)22(31)27(21(15)30)17-6-7-18(28)25-20(17)29/h1,3-5,12-13,17,23H,6-11H2,(H,25,28,29). The monoisotopic (exact) mass is 435 g/mol. The van der Waals surface area contributed by atoms with E-state index in [-0.39, 0.29) is 24.0 Å². The Balaban J connectivity index is 1.34. The number of carbonyl (C=O) groups is 4. The van der Waals surface area contributed by atoms with E-state index in [2.05, 4.69) is 21.7 Å². The van der Waals surface area contributed by atoms with Crippen LogP contribution in [0.2, 0.25) is 0 Å². The predicted octanol–water partition coefficient (Wildman–Crippen LogP) is 0.394. The zero-order chi connectivity index (χ0) is 22.7. The lowest BCUT2D eigenvalue weighted by Gasteiger charge is -2.27. The Morgan fingerprint density at radius 1 is 1.22 bits per heavy atom. The second-order valence-corrected chi connectivity index (χ2v) is 7.35. The fraction of sp³-hybridized carbons (Fsp3) is 0.318. The van der Waals surface area contributed by atoms with Crippen molar-refractivity contribution < 1.29 is 23.9 Å². The van der Waals surface area contributed by atoms with Gasteiger partial charge in [0.05, 0.1) is 42.6 Å². The van der Waals surface area contributed by atoms with Gasteiger partial charge in [0.2, 0.25) is 11.8 Å². The molecule has 2 aliphatic heterocycles. The summed E-state index contributed by atoms with van der Waals surface area (Å²) in [5.74, 6) is 0.377. The molecule has 4 amide bonds. The Morgan fingerprint density at radius 2 is 2.06 bits per heavy atom. The Labute approximate surface area is 183 Å². The van der Waals surface area contributed by atoms with Crippen LogP contribution in [0.4, 0.5) is 5.69 Å². The molecule has 1 fully saturated rings. The molecule has 4 rings (SSSR count). The molecule has 10 heteroatoms. The number of carbonyl (C=O) groups excluding carboxylic acids is 4. The molecule has 2 N–H and O–H groups in total. The number of hydrogen-bond acceptors (Lipinski definition) is 7. The van der Waals surface area contributed by atoms with E-state index in [1.165, 1.54) is 0 Å². The Kier molecular flexibility index (Phi) is 6.00. The van der Waals surface area contributed by atoms with Gasteiger partial charge in [0.25, 0.3) is 11.8 Å². The van der Waals surface area contributed by atoms with Crippen molar-refractivity contribution in [1.82, 2.24) is 20.0 Å². The third kappa shape index (κ3) is 4.10. The molecular weight excluding hydrogens is 414 g/mol. The number of fused-ring (bicyclic) bond motifs is 1. The number of benzene rings is 1. The molecule has 0 saturated carbocycles. The lowest BCUT2D eigenvalue weighted by atomic mass is 10.0. The highest BCUT2D eigenvalue weighted by atomic mass is 16.5. The van der Waals surface area contributed by atoms with Crippen LogP contribution in [0.5, 0.6) is 0 Å². The highest BCUT2D eigenvalue weighted by molar-refractivity contribution is 6.25. The van der Waals surface area contributed by atoms with Gasteiger partial charge in [0.15, 0.2) is 0 Å². The fourth-order valence-corrected chi connectivity index (χ4v) is 3.74. The summed E-state index contributed by atoms with van der Waals surface area (Å²) in [7, 11) is 0. The Morgan fingerprint density at radius 3 is 2.81 bits per heavy atom. The summed E-state index contributed by atoms with van der Waals surface area (Å²) >= 11 is 0. The number of terminal acetylenes is 1. The molecule has 0 aliphatic carbocycles. The van der Waals surface area contributed by atoms with Crippen LogP contribution in [0.3, 0.4) is 0 Å². The van der Waals surface area contributed by atoms with Gasteiger partial charge in [-0.15, -0.1) is 6.42 Å². The normalized spacial score (nSPS) is 17.8. The van der Waals surface area contributed by atoms with Crippen LogP contribution in [0.1, 0.15) is 39.1 Å². The Bertz CT molecular complexity index is 1130. The predicted molar refractivity (Wildman–Crippen MR) is 113 cm³/mol. The molecular formula is C22H21N5O5. The highest BCUT2D eigenvalue weighted by Gasteiger charge is 2.45. The first kappa shape index (κ1) is 21.3. The molecule has 1 unspecified atom stereocenters. The van der Waals surface area contributed by atoms with Crippen LogP contribution in [-0.4, -0.2) is 64.1 Å². The van der Waals surface area contributed by atoms with E-state index in [0.29, 0.717) is 37.6 Å². The number of nitrogens with one attached hydrogen (secondary N) is 2. The van der Waals surface area contributed by atoms with Crippen molar-refractivity contribution in [2.24, 2.45) is 0 Å². The maximum atomic E-state index is 13.0. The first-order valence-corrected chi connectivity index (χ1v) is 10.1. The van der Waals surface area contributed by atoms with Crippen molar-refractivity contribution in [3.8, 4) is 12.3 Å². The summed E-state index contributed by atoms with van der Waals surface area (Å²) in [6, 6.07) is 3.93. The smallest absolute Gasteiger partial charge is 0.264 e. The van der Waals surface area contributed by atoms with Crippen molar-refractivity contribution in [3.05, 3.63) is 47.3 Å². The molecule has 0 bridgehead atoms. The van der Waals surface area contributed by atoms with Crippen LogP contribution >= 0.6 is 0 Å². The third-order valence-corrected chi connectivity index (χ3v) is 5.29. The maximum absolute atomic E-state index is 13.0. The fourth-order valence-electron chi connectivity index (χ4n) is 3.74. The average molecular weight is 435 g/mol. The molecule has 1 saturated heterocycles. The van der Waals surface area contributed by atoms with Gasteiger partial charge in [-0.1, -0.05) is 12.0 Å². The maximum Gasteiger partial charge on any atom is 0.264 e. The van der Waals surface area contributed by atoms with E-state index in [1.807, 2.05) is 0 Å². The zero-order valence-corrected chi connectivity index (χ0v) is 17.2. The second kappa shape index (κ2) is 9.03. The van der Waals surface area contributed by atoms with Crippen LogP contribution in [0, 0.1) is 12.3 Å². The number of aromatic nitrogens is 2. The zero-order valence-electron chi connectivity index (χ0n) is 17.2. The van der Waals surface area contributed by atoms with E-state index in [0.717, 1.165) is 4.90 Å². The van der Waals surface area contributed by atoms with Crippen molar-refractivity contribution in [2.75, 3.05) is 25.1 Å². The largest absolute Gasteiger partial charge is 0.382 e. The molecule has 2 aromatic rings. The van der Waals surface area contributed by atoms with Gasteiger partial charge in [-0.05, 0) is 18.6 Å². The summed E-state index contributed by atoms with van der Waals surface area (Å²) in [4.78, 5) is 50.4. The first-order valence-electron chi connectivity index (χ1n) is 10.1. The minimum absolute atomic E-state index is 0.0782. The minimum atomic E-state index is -0.992. The molecule has 1 aromatic carbocycles. The van der Waals surface area contributed by atoms with Crippen LogP contribution in [0.15, 0.2) is 30.6 Å². The molecule has 164 valence electrons. The van der Waals surface area contributed by atoms with Crippen molar-refractivity contribution >= 4 is 29.3 Å². The number of piperidine rings is 1. The molecule has 10 nitrogen and oxygen atoms in total. The number of rotatable bonds is 8. The van der Waals surface area contributed by atoms with E-state index < -0.39 is 29.7 Å². The van der Waals surface area contributed by atoms with Gasteiger partial charge in [0.1, 0.15) is 6.04 Å². The van der Waals surface area contributed by atoms with Crippen molar-refractivity contribution in [3.63, 3.8) is 0 Å². The van der Waals surface area contributed by atoms with Gasteiger partial charge >= 0.3 is 0 Å². The number of ether oxygens (including phenoxy) is 1. The van der Waals surface area contributed by atoms with E-state index in [4.69, 9.17) is 11.2 Å². The van der Waals surface area contributed by atoms with Crippen molar-refractivity contribution in [2.45, 2.75) is 25.4 Å². The molecule has 32 heavy (non-hydrogen) atoms. The van der Waals surface area contributed by atoms with Crippen molar-refractivity contribution in [1.29, 1.82) is 0 Å². The number of anilines is 1. The summed E-state index contributed by atoms with van der Waals surface area (Å²) < 4.78 is 7.28. The third-order valence-electron chi connectivity index (χ3n) is 5.29. The minimum Gasteiger partial charge on any atom is -0.382 e. The molecule has 2 aliphatic rings. The highest BCUT2D eigenvalue weighted by Crippen LogP contribution is 2.32. The van der Waals surface area contributed by atoms with E-state index >= 15 is 0 Å². The average Bonchev–Trinajstić information content (AvgIpc) is 3.34. The van der Waals surface area contributed by atoms with Crippen LogP contribution < -0.4 is 10.6 Å². The quantitative estimate of drug-likeness (QED) is 0.349. The topological polar surface area (TPSA) is 123 Å². The number of nitrogens with zero attached hydrogens (tertiary/aromatic N) is 3. The molecule has 0 spiro atoms. The molecule has 3 heterocycles. The number of imide groups is 2. The lowest BCUT2D eigenvalue weighted by molar-refractivity contribution is -0.136. The van der Waals surface area contributed by atoms with Crippen LogP contribution in [-0.2, 0) is 20.9 Å². The number of amides is 4. The lowest BCUT2D eigenvalue weighted by Crippen LogP contribution is -2.54.